The quantitative estimate of drug-likeness (QED) is 0.251. The average molecular weight is 617 g/mol. The van der Waals surface area contributed by atoms with Gasteiger partial charge in [0.1, 0.15) is 23.9 Å². The summed E-state index contributed by atoms with van der Waals surface area (Å²) >= 11 is 0. The molecule has 4 N–H and O–H groups in total. The van der Waals surface area contributed by atoms with Crippen LogP contribution in [0.3, 0.4) is 0 Å². The van der Waals surface area contributed by atoms with E-state index in [-0.39, 0.29) is 30.4 Å². The number of phenols is 1. The molecule has 240 valence electrons. The Bertz CT molecular complexity index is 1560. The number of carbonyl (C=O) groups is 4. The number of aromatic hydroxyl groups is 1. The number of aromatic amines is 1. The molecule has 10 heteroatoms. The molecular weight excluding hydrogens is 572 g/mol. The number of fused-ring (bicyclic) bond motifs is 1. The first-order valence-corrected chi connectivity index (χ1v) is 15.4. The largest absolute Gasteiger partial charge is 0.508 e. The van der Waals surface area contributed by atoms with Crippen molar-refractivity contribution < 1.29 is 29.0 Å². The number of likely N-dealkylation sites (N-methyl/N-ethyl adjacent to an activating group) is 1. The Hall–Kier alpha value is -4.60. The number of H-pyrrole nitrogens is 1. The summed E-state index contributed by atoms with van der Waals surface area (Å²) in [6.45, 7) is 9.10. The van der Waals surface area contributed by atoms with E-state index in [1.165, 1.54) is 17.0 Å². The van der Waals surface area contributed by atoms with Crippen molar-refractivity contribution in [1.82, 2.24) is 20.5 Å². The van der Waals surface area contributed by atoms with Crippen LogP contribution in [-0.2, 0) is 30.3 Å². The molecule has 0 radical (unpaired) electrons. The van der Waals surface area contributed by atoms with E-state index in [0.717, 1.165) is 22.0 Å². The minimum absolute atomic E-state index is 0.0466. The SMILES string of the molecule is C/C1=C/[C@H](C)[C@@H](C)OC(=O)C[C@H](c2ccc(O)cc2)NC(=O)[C@@H](Cc2c[nH]c3ccccc23)N(C)C(=O)[C@H](C)NC(=O)[C@H](C)C1. The standard InChI is InChI=1S/C35H44N4O6/c1-20-15-21(2)24(5)45-32(41)18-30(25-11-13-27(40)14-12-25)38-34(43)31(17-26-19-36-29-10-8-7-9-28(26)29)39(6)35(44)23(4)37-33(42)22(3)16-20/h7-15,19,21-24,30-31,36,40H,16-18H2,1-6H3,(H,37,42)(H,38,43)/b20-15-/t21-,22+,23-,24+,30+,31+/m0/s1. The lowest BCUT2D eigenvalue weighted by Gasteiger charge is -2.32. The van der Waals surface area contributed by atoms with Gasteiger partial charge in [0.2, 0.25) is 17.7 Å². The smallest absolute Gasteiger partial charge is 0.308 e. The van der Waals surface area contributed by atoms with Crippen molar-refractivity contribution in [3.63, 3.8) is 0 Å². The number of nitrogens with one attached hydrogen (secondary N) is 3. The second kappa shape index (κ2) is 14.5. The van der Waals surface area contributed by atoms with Crippen molar-refractivity contribution in [2.75, 3.05) is 7.05 Å². The summed E-state index contributed by atoms with van der Waals surface area (Å²) in [5.74, 6) is -2.15. The van der Waals surface area contributed by atoms with Gasteiger partial charge >= 0.3 is 5.97 Å². The number of benzene rings is 2. The minimum Gasteiger partial charge on any atom is -0.508 e. The Kier molecular flexibility index (Phi) is 10.7. The first kappa shape index (κ1) is 33.3. The van der Waals surface area contributed by atoms with Crippen LogP contribution in [0.2, 0.25) is 0 Å². The van der Waals surface area contributed by atoms with E-state index in [1.807, 2.05) is 57.3 Å². The van der Waals surface area contributed by atoms with Crippen molar-refractivity contribution in [2.24, 2.45) is 11.8 Å². The van der Waals surface area contributed by atoms with Gasteiger partial charge in [0.25, 0.3) is 0 Å². The van der Waals surface area contributed by atoms with Gasteiger partial charge in [0.15, 0.2) is 0 Å². The summed E-state index contributed by atoms with van der Waals surface area (Å²) in [6, 6.07) is 11.3. The van der Waals surface area contributed by atoms with Gasteiger partial charge in [-0.2, -0.15) is 0 Å². The maximum Gasteiger partial charge on any atom is 0.308 e. The molecule has 1 aliphatic heterocycles. The summed E-state index contributed by atoms with van der Waals surface area (Å²) in [5.41, 5.74) is 3.30. The van der Waals surface area contributed by atoms with Crippen LogP contribution in [0.15, 0.2) is 66.4 Å². The van der Waals surface area contributed by atoms with Crippen molar-refractivity contribution in [1.29, 1.82) is 0 Å². The molecule has 0 unspecified atom stereocenters. The number of hydrogen-bond donors (Lipinski definition) is 4. The number of rotatable bonds is 3. The number of hydrogen-bond acceptors (Lipinski definition) is 6. The Labute approximate surface area is 264 Å². The molecule has 6 atom stereocenters. The minimum atomic E-state index is -0.980. The fraction of sp³-hybridized carbons (Fsp3) is 0.429. The Morgan fingerprint density at radius 2 is 1.60 bits per heavy atom. The molecule has 0 saturated heterocycles. The molecule has 0 spiro atoms. The number of para-hydroxylation sites is 1. The maximum atomic E-state index is 14.1. The Morgan fingerprint density at radius 1 is 0.911 bits per heavy atom. The Morgan fingerprint density at radius 3 is 2.31 bits per heavy atom. The molecule has 0 saturated carbocycles. The van der Waals surface area contributed by atoms with E-state index in [2.05, 4.69) is 15.6 Å². The van der Waals surface area contributed by atoms with E-state index >= 15 is 0 Å². The lowest BCUT2D eigenvalue weighted by molar-refractivity contribution is -0.150. The van der Waals surface area contributed by atoms with Gasteiger partial charge in [0, 0.05) is 42.4 Å². The lowest BCUT2D eigenvalue weighted by Crippen LogP contribution is -2.55. The number of aromatic nitrogens is 1. The molecule has 2 aromatic carbocycles. The average Bonchev–Trinajstić information content (AvgIpc) is 3.41. The molecule has 0 aliphatic carbocycles. The first-order valence-electron chi connectivity index (χ1n) is 15.4. The van der Waals surface area contributed by atoms with Gasteiger partial charge in [-0.1, -0.05) is 55.8 Å². The predicted molar refractivity (Wildman–Crippen MR) is 172 cm³/mol. The molecule has 1 aliphatic rings. The maximum absolute atomic E-state index is 14.1. The van der Waals surface area contributed by atoms with E-state index in [4.69, 9.17) is 4.74 Å². The third kappa shape index (κ3) is 8.32. The number of allylic oxidation sites excluding steroid dienone is 1. The summed E-state index contributed by atoms with van der Waals surface area (Å²) in [4.78, 5) is 58.8. The highest BCUT2D eigenvalue weighted by Gasteiger charge is 2.34. The van der Waals surface area contributed by atoms with Crippen LogP contribution < -0.4 is 10.6 Å². The fourth-order valence-electron chi connectivity index (χ4n) is 5.77. The van der Waals surface area contributed by atoms with E-state index in [1.54, 1.807) is 33.0 Å². The number of carbonyl (C=O) groups excluding carboxylic acids is 4. The lowest BCUT2D eigenvalue weighted by atomic mass is 9.96. The van der Waals surface area contributed by atoms with Crippen LogP contribution in [0.25, 0.3) is 10.9 Å². The molecule has 45 heavy (non-hydrogen) atoms. The van der Waals surface area contributed by atoms with Crippen LogP contribution >= 0.6 is 0 Å². The molecule has 0 fully saturated rings. The number of phenolic OH excluding ortho intramolecular Hbond substituents is 1. The number of amides is 3. The molecular formula is C35H44N4O6. The van der Waals surface area contributed by atoms with Crippen LogP contribution in [0, 0.1) is 11.8 Å². The van der Waals surface area contributed by atoms with Crippen molar-refractivity contribution >= 4 is 34.6 Å². The number of esters is 1. The van der Waals surface area contributed by atoms with E-state index < -0.39 is 47.9 Å². The van der Waals surface area contributed by atoms with Crippen LogP contribution in [0.4, 0.5) is 0 Å². The predicted octanol–water partition coefficient (Wildman–Crippen LogP) is 4.55. The van der Waals surface area contributed by atoms with Gasteiger partial charge in [-0.25, -0.2) is 0 Å². The topological polar surface area (TPSA) is 141 Å². The zero-order valence-corrected chi connectivity index (χ0v) is 26.8. The van der Waals surface area contributed by atoms with Crippen LogP contribution in [-0.4, -0.2) is 63.9 Å². The summed E-state index contributed by atoms with van der Waals surface area (Å²) < 4.78 is 5.80. The van der Waals surface area contributed by atoms with Gasteiger partial charge in [0.05, 0.1) is 12.5 Å². The fourth-order valence-corrected chi connectivity index (χ4v) is 5.77. The molecule has 3 amide bonds. The van der Waals surface area contributed by atoms with Gasteiger partial charge < -0.3 is 30.4 Å². The zero-order chi connectivity index (χ0) is 32.8. The first-order chi connectivity index (χ1) is 21.3. The van der Waals surface area contributed by atoms with Crippen molar-refractivity contribution in [3.8, 4) is 5.75 Å². The second-order valence-electron chi connectivity index (χ2n) is 12.3. The number of ether oxygens (including phenoxy) is 1. The highest BCUT2D eigenvalue weighted by atomic mass is 16.5. The van der Waals surface area contributed by atoms with E-state index in [0.29, 0.717) is 12.0 Å². The number of nitrogens with zero attached hydrogens (tertiary/aromatic N) is 1. The summed E-state index contributed by atoms with van der Waals surface area (Å²) in [6.07, 6.45) is 3.86. The molecule has 3 aromatic rings. The highest BCUT2D eigenvalue weighted by Crippen LogP contribution is 2.25. The highest BCUT2D eigenvalue weighted by molar-refractivity contribution is 5.93. The molecule has 1 aromatic heterocycles. The van der Waals surface area contributed by atoms with Gasteiger partial charge in [-0.15, -0.1) is 0 Å². The summed E-state index contributed by atoms with van der Waals surface area (Å²) in [5, 5.41) is 16.6. The third-order valence-electron chi connectivity index (χ3n) is 8.60. The summed E-state index contributed by atoms with van der Waals surface area (Å²) in [7, 11) is 1.55. The van der Waals surface area contributed by atoms with Crippen LogP contribution in [0.1, 0.15) is 64.6 Å². The molecule has 10 nitrogen and oxygen atoms in total. The number of cyclic esters (lactones) is 1. The zero-order valence-electron chi connectivity index (χ0n) is 26.8. The molecule has 0 bridgehead atoms. The molecule has 4 rings (SSSR count). The normalized spacial score (nSPS) is 27.5. The third-order valence-corrected chi connectivity index (χ3v) is 8.60. The molecule has 2 heterocycles. The van der Waals surface area contributed by atoms with Gasteiger partial charge in [-0.3, -0.25) is 19.2 Å². The Balaban J connectivity index is 1.73. The van der Waals surface area contributed by atoms with Crippen molar-refractivity contribution in [2.45, 2.75) is 78.1 Å². The van der Waals surface area contributed by atoms with Gasteiger partial charge in [-0.05, 0) is 56.5 Å². The van der Waals surface area contributed by atoms with Crippen molar-refractivity contribution in [3.05, 3.63) is 77.5 Å². The second-order valence-corrected chi connectivity index (χ2v) is 12.3. The van der Waals surface area contributed by atoms with E-state index in [9.17, 15) is 24.3 Å². The monoisotopic (exact) mass is 616 g/mol. The van der Waals surface area contributed by atoms with Crippen LogP contribution in [0.5, 0.6) is 5.75 Å².